The number of carbonyl (C=O) groups excluding carboxylic acids is 1. The smallest absolute Gasteiger partial charge is 0.243 e. The fourth-order valence-corrected chi connectivity index (χ4v) is 1.48. The van der Waals surface area contributed by atoms with E-state index in [9.17, 15) is 9.18 Å². The van der Waals surface area contributed by atoms with Crippen molar-refractivity contribution in [1.82, 2.24) is 0 Å². The van der Waals surface area contributed by atoms with Crippen LogP contribution in [0, 0.1) is 5.82 Å². The third-order valence-corrected chi connectivity index (χ3v) is 2.46. The summed E-state index contributed by atoms with van der Waals surface area (Å²) in [5.74, 6) is -0.462. The van der Waals surface area contributed by atoms with Gasteiger partial charge in [-0.05, 0) is 30.7 Å². The van der Waals surface area contributed by atoms with E-state index in [1.54, 1.807) is 19.2 Å². The molecule has 0 bridgehead atoms. The van der Waals surface area contributed by atoms with Crippen molar-refractivity contribution < 1.29 is 9.18 Å². The van der Waals surface area contributed by atoms with Crippen LogP contribution in [0.3, 0.4) is 0 Å². The number of nitrogens with zero attached hydrogens (tertiary/aromatic N) is 1. The highest BCUT2D eigenvalue weighted by Gasteiger charge is 2.18. The summed E-state index contributed by atoms with van der Waals surface area (Å²) in [6.07, 6.45) is 1.52. The highest BCUT2D eigenvalue weighted by molar-refractivity contribution is 5.96. The quantitative estimate of drug-likeness (QED) is 0.849. The molecule has 0 spiro atoms. The van der Waals surface area contributed by atoms with E-state index in [2.05, 4.69) is 0 Å². The predicted molar refractivity (Wildman–Crippen MR) is 62.7 cm³/mol. The lowest BCUT2D eigenvalue weighted by Crippen LogP contribution is -2.41. The summed E-state index contributed by atoms with van der Waals surface area (Å²) in [6.45, 7) is 1.98. The van der Waals surface area contributed by atoms with Gasteiger partial charge in [-0.1, -0.05) is 13.3 Å². The number of anilines is 1. The van der Waals surface area contributed by atoms with E-state index in [4.69, 9.17) is 5.73 Å². The summed E-state index contributed by atoms with van der Waals surface area (Å²) in [7, 11) is 1.64. The summed E-state index contributed by atoms with van der Waals surface area (Å²) in [4.78, 5) is 13.3. The zero-order chi connectivity index (χ0) is 12.1. The van der Waals surface area contributed by atoms with Crippen LogP contribution in [0.2, 0.25) is 0 Å². The number of nitrogens with two attached hydrogens (primary N) is 1. The van der Waals surface area contributed by atoms with Gasteiger partial charge in [0.25, 0.3) is 0 Å². The summed E-state index contributed by atoms with van der Waals surface area (Å²) < 4.78 is 12.7. The minimum absolute atomic E-state index is 0.145. The largest absolute Gasteiger partial charge is 0.320 e. The van der Waals surface area contributed by atoms with E-state index < -0.39 is 6.04 Å². The van der Waals surface area contributed by atoms with Gasteiger partial charge in [0, 0.05) is 12.7 Å². The van der Waals surface area contributed by atoms with Crippen LogP contribution < -0.4 is 10.6 Å². The van der Waals surface area contributed by atoms with Crippen LogP contribution >= 0.6 is 0 Å². The van der Waals surface area contributed by atoms with Gasteiger partial charge in [-0.2, -0.15) is 0 Å². The average molecular weight is 224 g/mol. The monoisotopic (exact) mass is 224 g/mol. The molecular formula is C12H17FN2O. The van der Waals surface area contributed by atoms with Gasteiger partial charge < -0.3 is 10.6 Å². The number of hydrogen-bond acceptors (Lipinski definition) is 2. The van der Waals surface area contributed by atoms with Crippen LogP contribution in [0.15, 0.2) is 24.3 Å². The molecule has 1 aromatic rings. The zero-order valence-electron chi connectivity index (χ0n) is 9.61. The second-order valence-electron chi connectivity index (χ2n) is 3.77. The van der Waals surface area contributed by atoms with Gasteiger partial charge in [0.2, 0.25) is 5.91 Å². The Morgan fingerprint density at radius 1 is 1.44 bits per heavy atom. The minimum Gasteiger partial charge on any atom is -0.320 e. The Labute approximate surface area is 95.0 Å². The molecule has 0 aliphatic heterocycles. The van der Waals surface area contributed by atoms with Crippen molar-refractivity contribution in [2.45, 2.75) is 25.8 Å². The van der Waals surface area contributed by atoms with E-state index in [0.717, 1.165) is 6.42 Å². The Morgan fingerprint density at radius 3 is 2.50 bits per heavy atom. The van der Waals surface area contributed by atoms with E-state index >= 15 is 0 Å². The Balaban J connectivity index is 2.73. The molecule has 0 aliphatic rings. The highest BCUT2D eigenvalue weighted by Crippen LogP contribution is 2.14. The lowest BCUT2D eigenvalue weighted by molar-refractivity contribution is -0.119. The van der Waals surface area contributed by atoms with Crippen LogP contribution in [0.5, 0.6) is 0 Å². The van der Waals surface area contributed by atoms with E-state index in [1.165, 1.54) is 17.0 Å². The van der Waals surface area contributed by atoms with Crippen molar-refractivity contribution in [2.75, 3.05) is 11.9 Å². The molecule has 88 valence electrons. The van der Waals surface area contributed by atoms with Gasteiger partial charge in [0.1, 0.15) is 5.82 Å². The maximum absolute atomic E-state index is 12.7. The molecule has 0 saturated heterocycles. The first kappa shape index (κ1) is 12.6. The second-order valence-corrected chi connectivity index (χ2v) is 3.77. The number of halogens is 1. The Kier molecular flexibility index (Phi) is 4.43. The van der Waals surface area contributed by atoms with E-state index in [0.29, 0.717) is 12.1 Å². The van der Waals surface area contributed by atoms with Gasteiger partial charge in [0.15, 0.2) is 0 Å². The molecule has 1 atom stereocenters. The molecular weight excluding hydrogens is 207 g/mol. The molecule has 0 saturated carbocycles. The van der Waals surface area contributed by atoms with Crippen LogP contribution in [-0.2, 0) is 4.79 Å². The molecule has 2 N–H and O–H groups in total. The maximum atomic E-state index is 12.7. The van der Waals surface area contributed by atoms with Crippen molar-refractivity contribution in [1.29, 1.82) is 0 Å². The Morgan fingerprint density at radius 2 is 2.00 bits per heavy atom. The molecule has 0 radical (unpaired) electrons. The molecule has 4 heteroatoms. The standard InChI is InChI=1S/C12H17FN2O/c1-3-4-11(14)12(16)15(2)10-7-5-9(13)6-8-10/h5-8,11H,3-4,14H2,1-2H3/t11-/m1/s1. The third kappa shape index (κ3) is 3.03. The van der Waals surface area contributed by atoms with Crippen molar-refractivity contribution in [2.24, 2.45) is 5.73 Å². The molecule has 1 aromatic carbocycles. The maximum Gasteiger partial charge on any atom is 0.243 e. The SMILES string of the molecule is CCC[C@@H](N)C(=O)N(C)c1ccc(F)cc1. The van der Waals surface area contributed by atoms with Gasteiger partial charge in [0.05, 0.1) is 6.04 Å². The first-order chi connectivity index (χ1) is 7.56. The predicted octanol–water partition coefficient (Wildman–Crippen LogP) is 1.92. The summed E-state index contributed by atoms with van der Waals surface area (Å²) >= 11 is 0. The first-order valence-electron chi connectivity index (χ1n) is 5.35. The van der Waals surface area contributed by atoms with Crippen molar-refractivity contribution in [3.05, 3.63) is 30.1 Å². The van der Waals surface area contributed by atoms with Crippen LogP contribution in [0.1, 0.15) is 19.8 Å². The molecule has 0 aromatic heterocycles. The van der Waals surface area contributed by atoms with Crippen molar-refractivity contribution in [3.8, 4) is 0 Å². The second kappa shape index (κ2) is 5.61. The molecule has 1 amide bonds. The van der Waals surface area contributed by atoms with Crippen LogP contribution in [-0.4, -0.2) is 19.0 Å². The number of likely N-dealkylation sites (N-methyl/N-ethyl adjacent to an activating group) is 1. The van der Waals surface area contributed by atoms with Crippen LogP contribution in [0.4, 0.5) is 10.1 Å². The molecule has 0 unspecified atom stereocenters. The molecule has 1 rings (SSSR count). The number of carbonyl (C=O) groups is 1. The van der Waals surface area contributed by atoms with Gasteiger partial charge in [-0.15, -0.1) is 0 Å². The fourth-order valence-electron chi connectivity index (χ4n) is 1.48. The van der Waals surface area contributed by atoms with Gasteiger partial charge in [-0.25, -0.2) is 4.39 Å². The summed E-state index contributed by atoms with van der Waals surface area (Å²) in [5.41, 5.74) is 6.38. The summed E-state index contributed by atoms with van der Waals surface area (Å²) in [6, 6.07) is 5.28. The topological polar surface area (TPSA) is 46.3 Å². The van der Waals surface area contributed by atoms with E-state index in [1.807, 2.05) is 6.92 Å². The fraction of sp³-hybridized carbons (Fsp3) is 0.417. The van der Waals surface area contributed by atoms with Crippen molar-refractivity contribution in [3.63, 3.8) is 0 Å². The van der Waals surface area contributed by atoms with Gasteiger partial charge >= 0.3 is 0 Å². The lowest BCUT2D eigenvalue weighted by Gasteiger charge is -2.21. The molecule has 16 heavy (non-hydrogen) atoms. The number of benzene rings is 1. The number of rotatable bonds is 4. The third-order valence-electron chi connectivity index (χ3n) is 2.46. The van der Waals surface area contributed by atoms with Crippen molar-refractivity contribution >= 4 is 11.6 Å². The summed E-state index contributed by atoms with van der Waals surface area (Å²) in [5, 5.41) is 0. The molecule has 3 nitrogen and oxygen atoms in total. The Hall–Kier alpha value is -1.42. The zero-order valence-corrected chi connectivity index (χ0v) is 9.61. The molecule has 0 fully saturated rings. The average Bonchev–Trinajstić information content (AvgIpc) is 2.28. The van der Waals surface area contributed by atoms with Crippen LogP contribution in [0.25, 0.3) is 0 Å². The number of amides is 1. The first-order valence-corrected chi connectivity index (χ1v) is 5.35. The normalized spacial score (nSPS) is 12.2. The minimum atomic E-state index is -0.486. The molecule has 0 aliphatic carbocycles. The molecule has 0 heterocycles. The van der Waals surface area contributed by atoms with E-state index in [-0.39, 0.29) is 11.7 Å². The van der Waals surface area contributed by atoms with Gasteiger partial charge in [-0.3, -0.25) is 4.79 Å². The Bertz CT molecular complexity index is 351. The highest BCUT2D eigenvalue weighted by atomic mass is 19.1. The lowest BCUT2D eigenvalue weighted by atomic mass is 10.1. The number of hydrogen-bond donors (Lipinski definition) is 1.